The van der Waals surface area contributed by atoms with Crippen molar-refractivity contribution in [2.75, 3.05) is 18.2 Å². The molecule has 0 aromatic heterocycles. The molecule has 0 radical (unpaired) electrons. The molecule has 1 amide bonds. The summed E-state index contributed by atoms with van der Waals surface area (Å²) in [7, 11) is 1.56. The van der Waals surface area contributed by atoms with E-state index in [4.69, 9.17) is 15.2 Å². The SMILES string of the molecule is COc1ccc(C(=O)c2cccc(N)c2NC(=O)c2ccc(OC(C)C)cc2)cc1. The molecule has 3 N–H and O–H groups in total. The molecule has 0 saturated heterocycles. The second-order valence-corrected chi connectivity index (χ2v) is 6.97. The molecule has 3 rings (SSSR count). The highest BCUT2D eigenvalue weighted by molar-refractivity contribution is 6.17. The molecule has 30 heavy (non-hydrogen) atoms. The molecule has 154 valence electrons. The molecular weight excluding hydrogens is 380 g/mol. The van der Waals surface area contributed by atoms with E-state index in [0.29, 0.717) is 33.9 Å². The molecule has 0 atom stereocenters. The van der Waals surface area contributed by atoms with E-state index in [0.717, 1.165) is 0 Å². The lowest BCUT2D eigenvalue weighted by molar-refractivity contribution is 0.102. The highest BCUT2D eigenvalue weighted by atomic mass is 16.5. The number of ketones is 1. The minimum absolute atomic E-state index is 0.0420. The number of nitrogens with one attached hydrogen (secondary N) is 1. The first-order valence-electron chi connectivity index (χ1n) is 9.54. The summed E-state index contributed by atoms with van der Waals surface area (Å²) < 4.78 is 10.7. The number of benzene rings is 3. The third-order valence-electron chi connectivity index (χ3n) is 4.42. The second-order valence-electron chi connectivity index (χ2n) is 6.97. The number of amides is 1. The third-order valence-corrected chi connectivity index (χ3v) is 4.42. The number of hydrogen-bond donors (Lipinski definition) is 2. The van der Waals surface area contributed by atoms with Crippen LogP contribution in [0.1, 0.15) is 40.1 Å². The fraction of sp³-hybridized carbons (Fsp3) is 0.167. The number of methoxy groups -OCH3 is 1. The van der Waals surface area contributed by atoms with Gasteiger partial charge in [-0.2, -0.15) is 0 Å². The highest BCUT2D eigenvalue weighted by Gasteiger charge is 2.18. The normalized spacial score (nSPS) is 10.5. The highest BCUT2D eigenvalue weighted by Crippen LogP contribution is 2.27. The Morgan fingerprint density at radius 2 is 1.47 bits per heavy atom. The van der Waals surface area contributed by atoms with Gasteiger partial charge >= 0.3 is 0 Å². The van der Waals surface area contributed by atoms with Crippen LogP contribution >= 0.6 is 0 Å². The lowest BCUT2D eigenvalue weighted by Gasteiger charge is -2.14. The van der Waals surface area contributed by atoms with Crippen LogP contribution in [0.5, 0.6) is 11.5 Å². The van der Waals surface area contributed by atoms with Crippen LogP contribution in [0, 0.1) is 0 Å². The predicted octanol–water partition coefficient (Wildman–Crippen LogP) is 4.55. The van der Waals surface area contributed by atoms with Gasteiger partial charge in [0, 0.05) is 16.7 Å². The fourth-order valence-electron chi connectivity index (χ4n) is 2.94. The maximum absolute atomic E-state index is 13.0. The third kappa shape index (κ3) is 4.78. The van der Waals surface area contributed by atoms with Crippen LogP contribution in [0.4, 0.5) is 11.4 Å². The Hall–Kier alpha value is -3.80. The molecule has 0 bridgehead atoms. The van der Waals surface area contributed by atoms with E-state index in [-0.39, 0.29) is 23.5 Å². The van der Waals surface area contributed by atoms with Gasteiger partial charge in [-0.15, -0.1) is 0 Å². The summed E-state index contributed by atoms with van der Waals surface area (Å²) in [6.07, 6.45) is 0.0420. The first kappa shape index (κ1) is 20.9. The van der Waals surface area contributed by atoms with Gasteiger partial charge in [0.15, 0.2) is 5.78 Å². The summed E-state index contributed by atoms with van der Waals surface area (Å²) in [6, 6.07) is 18.5. The maximum atomic E-state index is 13.0. The van der Waals surface area contributed by atoms with Crippen molar-refractivity contribution in [2.45, 2.75) is 20.0 Å². The molecule has 0 heterocycles. The number of carbonyl (C=O) groups excluding carboxylic acids is 2. The quantitative estimate of drug-likeness (QED) is 0.445. The molecule has 0 unspecified atom stereocenters. The van der Waals surface area contributed by atoms with Gasteiger partial charge in [0.05, 0.1) is 24.6 Å². The van der Waals surface area contributed by atoms with Crippen molar-refractivity contribution in [2.24, 2.45) is 0 Å². The number of rotatable bonds is 7. The zero-order valence-corrected chi connectivity index (χ0v) is 17.1. The minimum atomic E-state index is -0.368. The fourth-order valence-corrected chi connectivity index (χ4v) is 2.94. The van der Waals surface area contributed by atoms with Crippen LogP contribution in [-0.2, 0) is 0 Å². The molecule has 0 fully saturated rings. The Balaban J connectivity index is 1.85. The maximum Gasteiger partial charge on any atom is 0.255 e. The lowest BCUT2D eigenvalue weighted by atomic mass is 10.00. The zero-order chi connectivity index (χ0) is 21.7. The average Bonchev–Trinajstić information content (AvgIpc) is 2.74. The Bertz CT molecular complexity index is 1040. The largest absolute Gasteiger partial charge is 0.497 e. The average molecular weight is 404 g/mol. The van der Waals surface area contributed by atoms with Crippen molar-refractivity contribution in [3.05, 3.63) is 83.4 Å². The Labute approximate surface area is 175 Å². The summed E-state index contributed by atoms with van der Waals surface area (Å²) in [5.74, 6) is 0.711. The molecule has 0 aliphatic rings. The number of nitrogen functional groups attached to an aromatic ring is 1. The predicted molar refractivity (Wildman–Crippen MR) is 117 cm³/mol. The first-order chi connectivity index (χ1) is 14.4. The van der Waals surface area contributed by atoms with Gasteiger partial charge in [0.25, 0.3) is 5.91 Å². The second kappa shape index (κ2) is 9.13. The number of carbonyl (C=O) groups is 2. The summed E-state index contributed by atoms with van der Waals surface area (Å²) in [6.45, 7) is 3.86. The number of anilines is 2. The molecular formula is C24H24N2O4. The van der Waals surface area contributed by atoms with Crippen molar-refractivity contribution >= 4 is 23.1 Å². The smallest absolute Gasteiger partial charge is 0.255 e. The van der Waals surface area contributed by atoms with Crippen LogP contribution in [0.3, 0.4) is 0 Å². The van der Waals surface area contributed by atoms with Crippen LogP contribution < -0.4 is 20.5 Å². The van der Waals surface area contributed by atoms with Gasteiger partial charge in [0.1, 0.15) is 11.5 Å². The molecule has 0 spiro atoms. The van der Waals surface area contributed by atoms with Gasteiger partial charge in [-0.25, -0.2) is 0 Å². The van der Waals surface area contributed by atoms with Gasteiger partial charge < -0.3 is 20.5 Å². The topological polar surface area (TPSA) is 90.6 Å². The van der Waals surface area contributed by atoms with Gasteiger partial charge in [-0.05, 0) is 74.5 Å². The monoisotopic (exact) mass is 404 g/mol. The van der Waals surface area contributed by atoms with Gasteiger partial charge in [-0.1, -0.05) is 6.07 Å². The van der Waals surface area contributed by atoms with E-state index in [1.54, 1.807) is 73.8 Å². The lowest BCUT2D eigenvalue weighted by Crippen LogP contribution is -2.17. The van der Waals surface area contributed by atoms with Gasteiger partial charge in [0.2, 0.25) is 0 Å². The van der Waals surface area contributed by atoms with Crippen molar-refractivity contribution in [1.29, 1.82) is 0 Å². The zero-order valence-electron chi connectivity index (χ0n) is 17.1. The van der Waals surface area contributed by atoms with E-state index in [9.17, 15) is 9.59 Å². The van der Waals surface area contributed by atoms with Crippen LogP contribution in [0.2, 0.25) is 0 Å². The van der Waals surface area contributed by atoms with E-state index in [1.165, 1.54) is 0 Å². The van der Waals surface area contributed by atoms with E-state index in [1.807, 2.05) is 13.8 Å². The van der Waals surface area contributed by atoms with Crippen molar-refractivity contribution in [3.8, 4) is 11.5 Å². The molecule has 3 aromatic rings. The molecule has 0 saturated carbocycles. The van der Waals surface area contributed by atoms with E-state index >= 15 is 0 Å². The Morgan fingerprint density at radius 1 is 0.867 bits per heavy atom. The summed E-state index contributed by atoms with van der Waals surface area (Å²) in [5, 5.41) is 2.78. The molecule has 0 aliphatic heterocycles. The van der Waals surface area contributed by atoms with E-state index < -0.39 is 0 Å². The first-order valence-corrected chi connectivity index (χ1v) is 9.54. The number of para-hydroxylation sites is 1. The Kier molecular flexibility index (Phi) is 6.37. The summed E-state index contributed by atoms with van der Waals surface area (Å²) in [5.41, 5.74) is 7.88. The molecule has 6 heteroatoms. The molecule has 3 aromatic carbocycles. The van der Waals surface area contributed by atoms with Crippen LogP contribution in [0.15, 0.2) is 66.7 Å². The minimum Gasteiger partial charge on any atom is -0.497 e. The van der Waals surface area contributed by atoms with Crippen molar-refractivity contribution < 1.29 is 19.1 Å². The number of hydrogen-bond acceptors (Lipinski definition) is 5. The van der Waals surface area contributed by atoms with Crippen molar-refractivity contribution in [3.63, 3.8) is 0 Å². The number of nitrogens with two attached hydrogens (primary N) is 1. The Morgan fingerprint density at radius 3 is 2.07 bits per heavy atom. The van der Waals surface area contributed by atoms with Crippen LogP contribution in [-0.4, -0.2) is 24.9 Å². The van der Waals surface area contributed by atoms with Crippen LogP contribution in [0.25, 0.3) is 0 Å². The summed E-state index contributed by atoms with van der Waals surface area (Å²) in [4.78, 5) is 25.8. The van der Waals surface area contributed by atoms with Crippen molar-refractivity contribution in [1.82, 2.24) is 0 Å². The van der Waals surface area contributed by atoms with E-state index in [2.05, 4.69) is 5.32 Å². The standard InChI is InChI=1S/C24H24N2O4/c1-15(2)30-19-13-9-17(10-14-19)24(28)26-22-20(5-4-6-21(22)25)23(27)16-7-11-18(29-3)12-8-16/h4-15H,25H2,1-3H3,(H,26,28). The molecule has 0 aliphatic carbocycles. The summed E-state index contributed by atoms with van der Waals surface area (Å²) >= 11 is 0. The number of ether oxygens (including phenoxy) is 2. The van der Waals surface area contributed by atoms with Gasteiger partial charge in [-0.3, -0.25) is 9.59 Å². The molecule has 6 nitrogen and oxygen atoms in total.